The van der Waals surface area contributed by atoms with E-state index in [1.807, 2.05) is 19.9 Å². The van der Waals surface area contributed by atoms with E-state index in [2.05, 4.69) is 170 Å². The Hall–Kier alpha value is -3.64. The normalized spacial score (nSPS) is 16.6. The lowest BCUT2D eigenvalue weighted by molar-refractivity contribution is 0.724. The zero-order chi connectivity index (χ0) is 31.4. The molecule has 0 aromatic heterocycles. The van der Waals surface area contributed by atoms with Crippen molar-refractivity contribution in [3.8, 4) is 0 Å². The largest absolute Gasteiger partial charge is 0.0985 e. The maximum Gasteiger partial charge on any atom is 0.0568 e. The van der Waals surface area contributed by atoms with Crippen molar-refractivity contribution in [2.24, 2.45) is 5.92 Å². The average Bonchev–Trinajstić information content (AvgIpc) is 3.27. The van der Waals surface area contributed by atoms with Crippen LogP contribution in [0.15, 0.2) is 133 Å². The molecule has 0 radical (unpaired) electrons. The summed E-state index contributed by atoms with van der Waals surface area (Å²) in [4.78, 5) is 0. The number of hydrogen-bond donors (Lipinski definition) is 0. The number of hydrogen-bond acceptors (Lipinski definition) is 0. The van der Waals surface area contributed by atoms with Crippen LogP contribution in [0.2, 0.25) is 0 Å². The van der Waals surface area contributed by atoms with Gasteiger partial charge in [0.05, 0.1) is 5.41 Å². The topological polar surface area (TPSA) is 0 Å². The molecule has 0 fully saturated rings. The summed E-state index contributed by atoms with van der Waals surface area (Å²) >= 11 is 0. The summed E-state index contributed by atoms with van der Waals surface area (Å²) in [7, 11) is 0. The molecule has 4 rings (SSSR count). The monoisotopic (exact) mass is 560 g/mol. The summed E-state index contributed by atoms with van der Waals surface area (Å²) in [6.45, 7) is 23.0. The summed E-state index contributed by atoms with van der Waals surface area (Å²) < 4.78 is 0. The van der Waals surface area contributed by atoms with Crippen LogP contribution in [-0.4, -0.2) is 0 Å². The molecular weight excluding hydrogens is 504 g/mol. The molecule has 1 atom stereocenters. The molecule has 0 bridgehead atoms. The molecule has 0 spiro atoms. The van der Waals surface area contributed by atoms with Crippen molar-refractivity contribution < 1.29 is 0 Å². The van der Waals surface area contributed by atoms with Crippen LogP contribution in [0.3, 0.4) is 0 Å². The van der Waals surface area contributed by atoms with Crippen molar-refractivity contribution in [2.75, 3.05) is 0 Å². The van der Waals surface area contributed by atoms with Crippen molar-refractivity contribution in [1.29, 1.82) is 0 Å². The zero-order valence-electron chi connectivity index (χ0n) is 28.0. The summed E-state index contributed by atoms with van der Waals surface area (Å²) in [5.74, 6) is 0.768. The summed E-state index contributed by atoms with van der Waals surface area (Å²) in [5.41, 5.74) is 9.08. The second kappa shape index (κ2) is 20.3. The molecule has 0 N–H and O–H groups in total. The van der Waals surface area contributed by atoms with Gasteiger partial charge < -0.3 is 0 Å². The first kappa shape index (κ1) is 36.4. The molecule has 2 aliphatic carbocycles. The zero-order valence-corrected chi connectivity index (χ0v) is 28.0. The molecule has 0 nitrogen and oxygen atoms in total. The molecular formula is C42H56. The minimum absolute atomic E-state index is 0.226. The molecule has 0 saturated heterocycles. The Balaban J connectivity index is 0.000000377. The van der Waals surface area contributed by atoms with Crippen LogP contribution in [-0.2, 0) is 5.41 Å². The first-order valence-corrected chi connectivity index (χ1v) is 15.8. The average molecular weight is 561 g/mol. The van der Waals surface area contributed by atoms with Gasteiger partial charge in [-0.1, -0.05) is 168 Å². The molecule has 42 heavy (non-hydrogen) atoms. The Labute approximate surface area is 259 Å². The molecule has 224 valence electrons. The fraction of sp³-hybridized carbons (Fsp3) is 0.333. The Kier molecular flexibility index (Phi) is 17.6. The Morgan fingerprint density at radius 1 is 0.905 bits per heavy atom. The second-order valence-electron chi connectivity index (χ2n) is 10.6. The molecule has 2 aliphatic rings. The van der Waals surface area contributed by atoms with Gasteiger partial charge in [-0.15, -0.1) is 0 Å². The van der Waals surface area contributed by atoms with Crippen LogP contribution < -0.4 is 0 Å². The van der Waals surface area contributed by atoms with Gasteiger partial charge in [0, 0.05) is 0 Å². The van der Waals surface area contributed by atoms with Gasteiger partial charge in [0.1, 0.15) is 0 Å². The quantitative estimate of drug-likeness (QED) is 0.308. The first-order valence-electron chi connectivity index (χ1n) is 15.8. The lowest BCUT2D eigenvalue weighted by atomic mass is 9.71. The third kappa shape index (κ3) is 11.3. The highest BCUT2D eigenvalue weighted by molar-refractivity contribution is 5.59. The molecule has 2 aromatic carbocycles. The van der Waals surface area contributed by atoms with Crippen LogP contribution in [0.25, 0.3) is 6.08 Å². The maximum absolute atomic E-state index is 3.88. The number of rotatable bonds is 6. The van der Waals surface area contributed by atoms with Crippen LogP contribution >= 0.6 is 0 Å². The lowest BCUT2D eigenvalue weighted by Gasteiger charge is -2.31. The third-order valence-corrected chi connectivity index (χ3v) is 7.40. The van der Waals surface area contributed by atoms with Crippen molar-refractivity contribution in [2.45, 2.75) is 87.0 Å². The van der Waals surface area contributed by atoms with E-state index in [0.717, 1.165) is 17.9 Å². The molecule has 1 unspecified atom stereocenters. The fourth-order valence-electron chi connectivity index (χ4n) is 5.00. The maximum atomic E-state index is 3.88. The van der Waals surface area contributed by atoms with Crippen LogP contribution in [0, 0.1) is 26.7 Å². The van der Waals surface area contributed by atoms with Gasteiger partial charge in [-0.3, -0.25) is 0 Å². The predicted molar refractivity (Wildman–Crippen MR) is 192 cm³/mol. The lowest BCUT2D eigenvalue weighted by Crippen LogP contribution is -2.24. The molecule has 0 heterocycles. The van der Waals surface area contributed by atoms with Gasteiger partial charge in [-0.25, -0.2) is 0 Å². The van der Waals surface area contributed by atoms with E-state index < -0.39 is 0 Å². The van der Waals surface area contributed by atoms with Crippen molar-refractivity contribution in [3.63, 3.8) is 0 Å². The van der Waals surface area contributed by atoms with E-state index >= 15 is 0 Å². The summed E-state index contributed by atoms with van der Waals surface area (Å²) in [6, 6.07) is 15.0. The van der Waals surface area contributed by atoms with Gasteiger partial charge >= 0.3 is 0 Å². The van der Waals surface area contributed by atoms with Crippen molar-refractivity contribution in [3.05, 3.63) is 161 Å². The van der Waals surface area contributed by atoms with E-state index in [0.29, 0.717) is 0 Å². The fourth-order valence-corrected chi connectivity index (χ4v) is 5.00. The van der Waals surface area contributed by atoms with Crippen molar-refractivity contribution in [1.82, 2.24) is 0 Å². The molecule has 0 saturated carbocycles. The number of allylic oxidation sites excluding steroid dienone is 14. The highest BCUT2D eigenvalue weighted by atomic mass is 14.3. The van der Waals surface area contributed by atoms with Gasteiger partial charge in [-0.05, 0) is 86.3 Å². The predicted octanol–water partition coefficient (Wildman–Crippen LogP) is 12.7. The van der Waals surface area contributed by atoms with E-state index in [4.69, 9.17) is 0 Å². The van der Waals surface area contributed by atoms with Crippen molar-refractivity contribution >= 4 is 6.08 Å². The SMILES string of the molecule is C=Cc1ccc(C2(C(/C=C/C)=C/CC)C=CC=CC=C2)c(C)c1.CC.CCC1=CC(C)CC=C1.Cc1ccccc1C. The molecule has 0 amide bonds. The second-order valence-corrected chi connectivity index (χ2v) is 10.6. The van der Waals surface area contributed by atoms with Crippen LogP contribution in [0.5, 0.6) is 0 Å². The number of aryl methyl sites for hydroxylation is 3. The Morgan fingerprint density at radius 2 is 1.52 bits per heavy atom. The summed E-state index contributed by atoms with van der Waals surface area (Å²) in [6.07, 6.45) is 31.9. The van der Waals surface area contributed by atoms with Crippen LogP contribution in [0.1, 0.15) is 88.6 Å². The van der Waals surface area contributed by atoms with Gasteiger partial charge in [0.25, 0.3) is 0 Å². The van der Waals surface area contributed by atoms with Crippen LogP contribution in [0.4, 0.5) is 0 Å². The highest BCUT2D eigenvalue weighted by Gasteiger charge is 2.31. The van der Waals surface area contributed by atoms with E-state index in [9.17, 15) is 0 Å². The van der Waals surface area contributed by atoms with E-state index in [1.54, 1.807) is 0 Å². The molecule has 0 heteroatoms. The highest BCUT2D eigenvalue weighted by Crippen LogP contribution is 2.40. The number of benzene rings is 2. The van der Waals surface area contributed by atoms with E-state index in [-0.39, 0.29) is 5.41 Å². The minimum atomic E-state index is -0.226. The first-order chi connectivity index (χ1) is 20.3. The molecule has 2 aromatic rings. The smallest absolute Gasteiger partial charge is 0.0568 e. The van der Waals surface area contributed by atoms with Gasteiger partial charge in [0.2, 0.25) is 0 Å². The Bertz CT molecular complexity index is 1260. The Morgan fingerprint density at radius 3 is 1.95 bits per heavy atom. The minimum Gasteiger partial charge on any atom is -0.0985 e. The molecule has 0 aliphatic heterocycles. The third-order valence-electron chi connectivity index (χ3n) is 7.40. The van der Waals surface area contributed by atoms with E-state index in [1.165, 1.54) is 46.2 Å². The van der Waals surface area contributed by atoms with Gasteiger partial charge in [-0.2, -0.15) is 0 Å². The summed E-state index contributed by atoms with van der Waals surface area (Å²) in [5, 5.41) is 0. The van der Waals surface area contributed by atoms with Gasteiger partial charge in [0.15, 0.2) is 0 Å². The standard InChI is InChI=1S/C23H26.C9H14.C8H10.C2H6/c1-5-12-21(13-6-2)23(16-10-8-9-11-17-23)22-15-14-20(7-3)18-19(22)4;1-3-9-6-4-5-8(2)7-9;1-7-5-3-4-6-8(7)2;1-2/h5,7-18H,3,6H2,1-2,4H3;4,6-8H,3,5H2,1-2H3;3-6H,1-2H3;1-2H3/b12-5+,21-13+;;;.